The molecule has 118 valence electrons. The maximum absolute atomic E-state index is 12.6. The zero-order chi connectivity index (χ0) is 14.8. The Hall–Kier alpha value is -0.520. The molecule has 5 heteroatoms. The van der Waals surface area contributed by atoms with E-state index in [1.807, 2.05) is 24.3 Å². The van der Waals surface area contributed by atoms with Crippen molar-refractivity contribution in [3.05, 3.63) is 24.3 Å². The van der Waals surface area contributed by atoms with Crippen molar-refractivity contribution in [3.8, 4) is 0 Å². The molecular formula is C16H24FNOS2. The first-order chi connectivity index (χ1) is 10.1. The van der Waals surface area contributed by atoms with Gasteiger partial charge in [0.15, 0.2) is 0 Å². The number of alkyl halides is 1. The number of ketones is 1. The van der Waals surface area contributed by atoms with Crippen molar-refractivity contribution in [1.29, 1.82) is 0 Å². The number of benzene rings is 1. The third-order valence-corrected chi connectivity index (χ3v) is 6.78. The van der Waals surface area contributed by atoms with Crippen LogP contribution >= 0.6 is 23.5 Å². The fourth-order valence-corrected chi connectivity index (χ4v) is 5.48. The van der Waals surface area contributed by atoms with Crippen LogP contribution < -0.4 is 0 Å². The minimum Gasteiger partial charge on any atom is -0.303 e. The number of carbonyl (C=O) groups excluding carboxylic acids is 1. The van der Waals surface area contributed by atoms with E-state index in [1.54, 1.807) is 0 Å². The molecule has 2 heterocycles. The van der Waals surface area contributed by atoms with Crippen molar-refractivity contribution in [2.24, 2.45) is 5.92 Å². The lowest BCUT2D eigenvalue weighted by Gasteiger charge is -2.28. The lowest BCUT2D eigenvalue weighted by atomic mass is 9.84. The predicted molar refractivity (Wildman–Crippen MR) is 90.7 cm³/mol. The number of likely N-dealkylation sites (tertiary alicyclic amines) is 1. The maximum atomic E-state index is 12.6. The van der Waals surface area contributed by atoms with Crippen LogP contribution in [0.15, 0.2) is 34.1 Å². The number of hydrogen-bond donors (Lipinski definition) is 0. The van der Waals surface area contributed by atoms with E-state index < -0.39 is 4.84 Å². The largest absolute Gasteiger partial charge is 0.303 e. The van der Waals surface area contributed by atoms with Crippen LogP contribution in [0.2, 0.25) is 0 Å². The number of hydrogen-bond acceptors (Lipinski definition) is 4. The molecule has 2 nitrogen and oxygen atoms in total. The number of rotatable bonds is 0. The molecule has 0 radical (unpaired) electrons. The molecule has 2 atom stereocenters. The highest BCUT2D eigenvalue weighted by Crippen LogP contribution is 2.47. The quantitative estimate of drug-likeness (QED) is 0.688. The van der Waals surface area contributed by atoms with Crippen molar-refractivity contribution in [1.82, 2.24) is 4.90 Å². The van der Waals surface area contributed by atoms with Gasteiger partial charge in [0.05, 0.1) is 0 Å². The lowest BCUT2D eigenvalue weighted by Crippen LogP contribution is -2.35. The van der Waals surface area contributed by atoms with Gasteiger partial charge in [0.2, 0.25) is 4.84 Å². The summed E-state index contributed by atoms with van der Waals surface area (Å²) in [7, 11) is 2.14. The summed E-state index contributed by atoms with van der Waals surface area (Å²) >= 11 is 2.57. The first-order valence-electron chi connectivity index (χ1n) is 7.42. The van der Waals surface area contributed by atoms with Gasteiger partial charge < -0.3 is 4.90 Å². The highest BCUT2D eigenvalue weighted by molar-refractivity contribution is 8.19. The summed E-state index contributed by atoms with van der Waals surface area (Å²) in [6.07, 6.45) is 4.12. The van der Waals surface area contributed by atoms with Gasteiger partial charge in [0, 0.05) is 31.5 Å². The molecule has 0 spiro atoms. The molecule has 4 rings (SSSR count). The average Bonchev–Trinajstić information content (AvgIpc) is 3.02. The van der Waals surface area contributed by atoms with Crippen LogP contribution in [0.1, 0.15) is 28.5 Å². The molecule has 1 saturated carbocycles. The van der Waals surface area contributed by atoms with Gasteiger partial charge in [-0.1, -0.05) is 35.7 Å². The first-order valence-corrected chi connectivity index (χ1v) is 9.18. The number of carbonyl (C=O) groups is 1. The Morgan fingerprint density at radius 2 is 1.90 bits per heavy atom. The van der Waals surface area contributed by atoms with Crippen molar-refractivity contribution in [2.45, 2.75) is 46.4 Å². The summed E-state index contributed by atoms with van der Waals surface area (Å²) in [5, 5.41) is 0. The number of Topliss-reactive ketones (excluding diaryl/α,β-unsaturated/α-hetero) is 1. The van der Waals surface area contributed by atoms with E-state index in [1.165, 1.54) is 36.5 Å². The van der Waals surface area contributed by atoms with Crippen LogP contribution in [0.3, 0.4) is 0 Å². The van der Waals surface area contributed by atoms with Crippen LogP contribution in [0.25, 0.3) is 0 Å². The Morgan fingerprint density at radius 1 is 1.24 bits per heavy atom. The van der Waals surface area contributed by atoms with Gasteiger partial charge in [-0.05, 0) is 44.5 Å². The molecule has 0 bridgehead atoms. The number of nitrogens with zero attached hydrogens (tertiary/aromatic N) is 1. The molecule has 0 amide bonds. The van der Waals surface area contributed by atoms with Gasteiger partial charge in [-0.2, -0.15) is 0 Å². The van der Waals surface area contributed by atoms with Crippen molar-refractivity contribution in [3.63, 3.8) is 0 Å². The highest BCUT2D eigenvalue weighted by atomic mass is 32.2. The average molecular weight is 330 g/mol. The Balaban J connectivity index is 0.000000212. The highest BCUT2D eigenvalue weighted by Gasteiger charge is 2.36. The van der Waals surface area contributed by atoms with Crippen LogP contribution in [0.4, 0.5) is 4.39 Å². The minimum absolute atomic E-state index is 0. The Morgan fingerprint density at radius 3 is 2.57 bits per heavy atom. The Kier molecular flexibility index (Phi) is 4.92. The fourth-order valence-electron chi connectivity index (χ4n) is 3.30. The van der Waals surface area contributed by atoms with E-state index in [0.717, 1.165) is 35.0 Å². The minimum atomic E-state index is -0.794. The molecule has 21 heavy (non-hydrogen) atoms. The first kappa shape index (κ1) is 15.4. The van der Waals surface area contributed by atoms with Crippen molar-refractivity contribution < 1.29 is 12.0 Å². The van der Waals surface area contributed by atoms with Gasteiger partial charge in [-0.25, -0.2) is 4.39 Å². The zero-order valence-electron chi connectivity index (χ0n) is 12.1. The predicted octanol–water partition coefficient (Wildman–Crippen LogP) is 4.69. The van der Waals surface area contributed by atoms with E-state index in [-0.39, 0.29) is 2.85 Å². The van der Waals surface area contributed by atoms with E-state index in [0.29, 0.717) is 11.8 Å². The van der Waals surface area contributed by atoms with Gasteiger partial charge in [-0.3, -0.25) is 4.79 Å². The molecular weight excluding hydrogens is 305 g/mol. The molecule has 1 aromatic carbocycles. The van der Waals surface area contributed by atoms with E-state index in [4.69, 9.17) is 0 Å². The second-order valence-corrected chi connectivity index (χ2v) is 8.31. The molecule has 3 aliphatic rings. The number of fused-ring (bicyclic) bond motifs is 2. The monoisotopic (exact) mass is 329 g/mol. The Bertz CT molecular complexity index is 510. The van der Waals surface area contributed by atoms with Crippen LogP contribution in [-0.2, 0) is 4.79 Å². The van der Waals surface area contributed by atoms with E-state index >= 15 is 0 Å². The molecule has 2 aliphatic heterocycles. The van der Waals surface area contributed by atoms with Gasteiger partial charge in [0.25, 0.3) is 0 Å². The van der Waals surface area contributed by atoms with E-state index in [9.17, 15) is 9.18 Å². The lowest BCUT2D eigenvalue weighted by molar-refractivity contribution is -0.122. The second-order valence-electron chi connectivity index (χ2n) is 5.84. The molecule has 2 unspecified atom stereocenters. The summed E-state index contributed by atoms with van der Waals surface area (Å²) in [4.78, 5) is 14.8. The van der Waals surface area contributed by atoms with Crippen LogP contribution in [0.5, 0.6) is 0 Å². The molecule has 2 fully saturated rings. The summed E-state index contributed by atoms with van der Waals surface area (Å²) in [6.45, 7) is 1.20. The summed E-state index contributed by atoms with van der Waals surface area (Å²) in [6, 6.07) is 8.37. The van der Waals surface area contributed by atoms with Crippen molar-refractivity contribution >= 4 is 29.3 Å². The SMILES string of the molecule is CN1CCC2CCC(=O)CC21.FC1Sc2ccccc2S1.[HH].[HH]. The normalized spacial score (nSPS) is 28.8. The second kappa shape index (κ2) is 6.71. The topological polar surface area (TPSA) is 20.3 Å². The Labute approximate surface area is 136 Å². The standard InChI is InChI=1S/C9H15NO.C7H5FS2.2H2/c1-10-5-4-7-2-3-8(11)6-9(7)10;8-7-9-5-3-1-2-4-6(5)10-7;;/h7,9H,2-6H2,1H3;1-4,7H;2*1H. The van der Waals surface area contributed by atoms with Gasteiger partial charge in [0.1, 0.15) is 5.78 Å². The summed E-state index contributed by atoms with van der Waals surface area (Å²) in [5.74, 6) is 1.30. The molecule has 0 aromatic heterocycles. The van der Waals surface area contributed by atoms with Gasteiger partial charge in [-0.15, -0.1) is 0 Å². The smallest absolute Gasteiger partial charge is 0.200 e. The van der Waals surface area contributed by atoms with Crippen LogP contribution in [-0.4, -0.2) is 35.2 Å². The maximum Gasteiger partial charge on any atom is 0.200 e. The molecule has 1 saturated heterocycles. The van der Waals surface area contributed by atoms with Crippen LogP contribution in [0, 0.1) is 5.92 Å². The molecule has 1 aromatic rings. The summed E-state index contributed by atoms with van der Waals surface area (Å²) < 4.78 is 12.6. The molecule has 1 aliphatic carbocycles. The third kappa shape index (κ3) is 3.63. The summed E-state index contributed by atoms with van der Waals surface area (Å²) in [5.41, 5.74) is 0. The van der Waals surface area contributed by atoms with Crippen molar-refractivity contribution in [2.75, 3.05) is 13.6 Å². The fraction of sp³-hybridized carbons (Fsp3) is 0.562. The zero-order valence-corrected chi connectivity index (χ0v) is 13.8. The molecule has 0 N–H and O–H groups in total. The third-order valence-electron chi connectivity index (χ3n) is 4.48. The number of halogens is 1. The van der Waals surface area contributed by atoms with Gasteiger partial charge >= 0.3 is 0 Å². The van der Waals surface area contributed by atoms with E-state index in [2.05, 4.69) is 11.9 Å². The number of thioether (sulfide) groups is 2.